The van der Waals surface area contributed by atoms with Crippen molar-refractivity contribution in [1.82, 2.24) is 0 Å². The molecular weight excluding hydrogens is 174 g/mol. The van der Waals surface area contributed by atoms with Crippen LogP contribution in [0.3, 0.4) is 0 Å². The molecule has 0 spiro atoms. The maximum atomic E-state index is 5.32. The summed E-state index contributed by atoms with van der Waals surface area (Å²) < 4.78 is 5.32. The molecule has 0 heterocycles. The number of rotatable bonds is 6. The molecule has 1 aliphatic carbocycles. The van der Waals surface area contributed by atoms with Crippen LogP contribution in [0.5, 0.6) is 0 Å². The lowest BCUT2D eigenvalue weighted by Crippen LogP contribution is -2.90. The second-order valence-electron chi connectivity index (χ2n) is 4.59. The van der Waals surface area contributed by atoms with E-state index in [-0.39, 0.29) is 0 Å². The highest BCUT2D eigenvalue weighted by molar-refractivity contribution is 4.67. The maximum absolute atomic E-state index is 5.32. The van der Waals surface area contributed by atoms with E-state index in [4.69, 9.17) is 4.74 Å². The van der Waals surface area contributed by atoms with Gasteiger partial charge in [0.2, 0.25) is 0 Å². The fourth-order valence-corrected chi connectivity index (χ4v) is 2.20. The van der Waals surface area contributed by atoms with E-state index in [0.717, 1.165) is 25.2 Å². The first kappa shape index (κ1) is 12.0. The molecular formula is C12H26NO+. The molecule has 1 aliphatic rings. The Morgan fingerprint density at radius 2 is 1.93 bits per heavy atom. The summed E-state index contributed by atoms with van der Waals surface area (Å²) in [6.45, 7) is 7.49. The van der Waals surface area contributed by atoms with Gasteiger partial charge in [-0.3, -0.25) is 0 Å². The van der Waals surface area contributed by atoms with Gasteiger partial charge in [0, 0.05) is 13.0 Å². The van der Waals surface area contributed by atoms with Crippen LogP contribution in [0.2, 0.25) is 0 Å². The number of quaternary nitrogens is 1. The van der Waals surface area contributed by atoms with E-state index >= 15 is 0 Å². The van der Waals surface area contributed by atoms with Gasteiger partial charge in [-0.15, -0.1) is 0 Å². The largest absolute Gasteiger partial charge is 0.382 e. The van der Waals surface area contributed by atoms with Gasteiger partial charge in [0.15, 0.2) is 0 Å². The van der Waals surface area contributed by atoms with Crippen molar-refractivity contribution in [3.8, 4) is 0 Å². The Bertz CT molecular complexity index is 130. The molecule has 1 rings (SSSR count). The fourth-order valence-electron chi connectivity index (χ4n) is 2.20. The summed E-state index contributed by atoms with van der Waals surface area (Å²) in [7, 11) is 0. The lowest BCUT2D eigenvalue weighted by atomic mass is 9.87. The second kappa shape index (κ2) is 7.24. The molecule has 1 fully saturated rings. The lowest BCUT2D eigenvalue weighted by Gasteiger charge is -2.24. The standard InChI is InChI=1S/C12H25NO/c1-3-14-10-4-9-13-12-7-5-11(2)6-8-12/h11-13H,3-10H2,1-2H3/p+1. The van der Waals surface area contributed by atoms with Crippen molar-refractivity contribution >= 4 is 0 Å². The van der Waals surface area contributed by atoms with E-state index in [1.165, 1.54) is 38.6 Å². The van der Waals surface area contributed by atoms with Gasteiger partial charge in [0.1, 0.15) is 0 Å². The Kier molecular flexibility index (Phi) is 6.20. The van der Waals surface area contributed by atoms with Crippen molar-refractivity contribution in [3.63, 3.8) is 0 Å². The van der Waals surface area contributed by atoms with Crippen LogP contribution in [0, 0.1) is 5.92 Å². The van der Waals surface area contributed by atoms with Crippen LogP contribution in [0.1, 0.15) is 46.0 Å². The van der Waals surface area contributed by atoms with E-state index in [1.54, 1.807) is 0 Å². The molecule has 2 heteroatoms. The van der Waals surface area contributed by atoms with Gasteiger partial charge in [-0.1, -0.05) is 6.92 Å². The van der Waals surface area contributed by atoms with Crippen molar-refractivity contribution in [2.24, 2.45) is 5.92 Å². The fraction of sp³-hybridized carbons (Fsp3) is 1.00. The molecule has 1 saturated carbocycles. The molecule has 0 aliphatic heterocycles. The third kappa shape index (κ3) is 4.97. The number of hydrogen-bond donors (Lipinski definition) is 1. The Morgan fingerprint density at radius 3 is 2.57 bits per heavy atom. The van der Waals surface area contributed by atoms with Gasteiger partial charge in [-0.05, 0) is 38.5 Å². The summed E-state index contributed by atoms with van der Waals surface area (Å²) in [6.07, 6.45) is 6.94. The molecule has 14 heavy (non-hydrogen) atoms. The highest BCUT2D eigenvalue weighted by atomic mass is 16.5. The molecule has 0 radical (unpaired) electrons. The predicted molar refractivity (Wildman–Crippen MR) is 59.3 cm³/mol. The zero-order chi connectivity index (χ0) is 10.2. The van der Waals surface area contributed by atoms with Gasteiger partial charge in [0.25, 0.3) is 0 Å². The monoisotopic (exact) mass is 200 g/mol. The number of ether oxygens (including phenoxy) is 1. The molecule has 0 amide bonds. The average molecular weight is 200 g/mol. The molecule has 0 aromatic heterocycles. The minimum atomic E-state index is 0.862. The Labute approximate surface area is 88.4 Å². The highest BCUT2D eigenvalue weighted by Crippen LogP contribution is 2.21. The zero-order valence-corrected chi connectivity index (χ0v) is 9.80. The molecule has 0 bridgehead atoms. The van der Waals surface area contributed by atoms with Gasteiger partial charge in [-0.25, -0.2) is 0 Å². The van der Waals surface area contributed by atoms with Crippen LogP contribution in [0.15, 0.2) is 0 Å². The Morgan fingerprint density at radius 1 is 1.21 bits per heavy atom. The minimum absolute atomic E-state index is 0.862. The third-order valence-electron chi connectivity index (χ3n) is 3.26. The minimum Gasteiger partial charge on any atom is -0.382 e. The van der Waals surface area contributed by atoms with Crippen LogP contribution >= 0.6 is 0 Å². The number of nitrogens with two attached hydrogens (primary N) is 1. The molecule has 0 atom stereocenters. The Hall–Kier alpha value is -0.0800. The third-order valence-corrected chi connectivity index (χ3v) is 3.26. The van der Waals surface area contributed by atoms with Crippen LogP contribution < -0.4 is 5.32 Å². The van der Waals surface area contributed by atoms with E-state index < -0.39 is 0 Å². The van der Waals surface area contributed by atoms with Crippen molar-refractivity contribution < 1.29 is 10.1 Å². The summed E-state index contributed by atoms with van der Waals surface area (Å²) in [4.78, 5) is 0. The van der Waals surface area contributed by atoms with Gasteiger partial charge in [-0.2, -0.15) is 0 Å². The van der Waals surface area contributed by atoms with Crippen molar-refractivity contribution in [1.29, 1.82) is 0 Å². The van der Waals surface area contributed by atoms with Gasteiger partial charge >= 0.3 is 0 Å². The van der Waals surface area contributed by atoms with Crippen molar-refractivity contribution in [3.05, 3.63) is 0 Å². The SMILES string of the molecule is CCOCCC[NH2+]C1CCC(C)CC1. The molecule has 0 unspecified atom stereocenters. The van der Waals surface area contributed by atoms with Gasteiger partial charge < -0.3 is 10.1 Å². The van der Waals surface area contributed by atoms with E-state index in [2.05, 4.69) is 19.2 Å². The molecule has 0 aromatic rings. The molecule has 0 saturated heterocycles. The highest BCUT2D eigenvalue weighted by Gasteiger charge is 2.19. The summed E-state index contributed by atoms with van der Waals surface area (Å²) in [5, 5.41) is 2.53. The molecule has 0 aromatic carbocycles. The first-order valence-corrected chi connectivity index (χ1v) is 6.24. The normalized spacial score (nSPS) is 27.9. The van der Waals surface area contributed by atoms with E-state index in [9.17, 15) is 0 Å². The predicted octanol–water partition coefficient (Wildman–Crippen LogP) is 1.56. The Balaban J connectivity index is 1.91. The topological polar surface area (TPSA) is 25.8 Å². The summed E-state index contributed by atoms with van der Waals surface area (Å²) in [5.74, 6) is 0.975. The number of hydrogen-bond acceptors (Lipinski definition) is 1. The van der Waals surface area contributed by atoms with Crippen LogP contribution in [0.4, 0.5) is 0 Å². The maximum Gasteiger partial charge on any atom is 0.0859 e. The second-order valence-corrected chi connectivity index (χ2v) is 4.59. The zero-order valence-electron chi connectivity index (χ0n) is 9.80. The quantitative estimate of drug-likeness (QED) is 0.647. The average Bonchev–Trinajstić information content (AvgIpc) is 2.21. The van der Waals surface area contributed by atoms with Crippen molar-refractivity contribution in [2.45, 2.75) is 52.0 Å². The van der Waals surface area contributed by atoms with E-state index in [0.29, 0.717) is 0 Å². The molecule has 2 nitrogen and oxygen atoms in total. The molecule has 84 valence electrons. The smallest absolute Gasteiger partial charge is 0.0859 e. The summed E-state index contributed by atoms with van der Waals surface area (Å²) >= 11 is 0. The van der Waals surface area contributed by atoms with Crippen LogP contribution in [-0.2, 0) is 4.74 Å². The summed E-state index contributed by atoms with van der Waals surface area (Å²) in [6, 6.07) is 0.910. The van der Waals surface area contributed by atoms with E-state index in [1.807, 2.05) is 0 Å². The van der Waals surface area contributed by atoms with Crippen LogP contribution in [0.25, 0.3) is 0 Å². The summed E-state index contributed by atoms with van der Waals surface area (Å²) in [5.41, 5.74) is 0. The lowest BCUT2D eigenvalue weighted by molar-refractivity contribution is -0.692. The molecule has 2 N–H and O–H groups in total. The van der Waals surface area contributed by atoms with Crippen molar-refractivity contribution in [2.75, 3.05) is 19.8 Å². The van der Waals surface area contributed by atoms with Crippen LogP contribution in [-0.4, -0.2) is 25.8 Å². The first-order valence-electron chi connectivity index (χ1n) is 6.24. The van der Waals surface area contributed by atoms with Gasteiger partial charge in [0.05, 0.1) is 19.2 Å². The first-order chi connectivity index (χ1) is 6.83.